The van der Waals surface area contributed by atoms with E-state index in [1.54, 1.807) is 32.9 Å². The third kappa shape index (κ3) is 6.75. The number of aromatic nitrogens is 1. The molecule has 0 saturated carbocycles. The highest BCUT2D eigenvalue weighted by atomic mass is 16.6. The van der Waals surface area contributed by atoms with E-state index in [1.165, 1.54) is 13.3 Å². The zero-order valence-corrected chi connectivity index (χ0v) is 13.2. The monoisotopic (exact) mass is 304 g/mol. The number of rotatable bonds is 3. The van der Waals surface area contributed by atoms with Crippen LogP contribution in [0, 0.1) is 11.8 Å². The standard InChI is InChI=1S/C16H20N2O4/c1-16(2,3)22-15(20)18-9-6-5-7-13-11-12(8-10-17-13)14(19)21-4/h8,10-11H,6,9H2,1-4H3,(H,18,20). The van der Waals surface area contributed by atoms with E-state index in [-0.39, 0.29) is 0 Å². The number of ether oxygens (including phenoxy) is 2. The van der Waals surface area contributed by atoms with Gasteiger partial charge in [-0.15, -0.1) is 0 Å². The van der Waals surface area contributed by atoms with Crippen LogP contribution in [0.15, 0.2) is 18.3 Å². The molecule has 0 radical (unpaired) electrons. The maximum absolute atomic E-state index is 11.4. The zero-order valence-electron chi connectivity index (χ0n) is 13.2. The second-order valence-corrected chi connectivity index (χ2v) is 5.40. The smallest absolute Gasteiger partial charge is 0.407 e. The molecule has 0 aliphatic carbocycles. The summed E-state index contributed by atoms with van der Waals surface area (Å²) in [5, 5.41) is 2.61. The maximum Gasteiger partial charge on any atom is 0.407 e. The van der Waals surface area contributed by atoms with Crippen LogP contribution in [0.2, 0.25) is 0 Å². The highest BCUT2D eigenvalue weighted by Gasteiger charge is 2.15. The fourth-order valence-corrected chi connectivity index (χ4v) is 1.44. The molecular weight excluding hydrogens is 284 g/mol. The summed E-state index contributed by atoms with van der Waals surface area (Å²) in [4.78, 5) is 26.8. The number of esters is 1. The van der Waals surface area contributed by atoms with Crippen LogP contribution in [0.3, 0.4) is 0 Å². The lowest BCUT2D eigenvalue weighted by Crippen LogP contribution is -2.32. The molecule has 1 aromatic heterocycles. The Bertz CT molecular complexity index is 594. The summed E-state index contributed by atoms with van der Waals surface area (Å²) in [7, 11) is 1.32. The summed E-state index contributed by atoms with van der Waals surface area (Å²) in [5.41, 5.74) is 0.349. The van der Waals surface area contributed by atoms with E-state index < -0.39 is 17.7 Å². The van der Waals surface area contributed by atoms with Crippen molar-refractivity contribution in [2.75, 3.05) is 13.7 Å². The predicted molar refractivity (Wildman–Crippen MR) is 81.3 cm³/mol. The molecule has 1 aromatic rings. The Morgan fingerprint density at radius 1 is 1.36 bits per heavy atom. The summed E-state index contributed by atoms with van der Waals surface area (Å²) in [6.07, 6.45) is 1.47. The molecule has 0 fully saturated rings. The molecule has 1 N–H and O–H groups in total. The van der Waals surface area contributed by atoms with Crippen molar-refractivity contribution >= 4 is 12.1 Å². The summed E-state index contributed by atoms with van der Waals surface area (Å²) < 4.78 is 9.72. The van der Waals surface area contributed by atoms with Crippen molar-refractivity contribution in [3.05, 3.63) is 29.6 Å². The third-order valence-corrected chi connectivity index (χ3v) is 2.32. The number of nitrogens with zero attached hydrogens (tertiary/aromatic N) is 1. The molecule has 0 unspecified atom stereocenters. The Labute approximate surface area is 130 Å². The number of alkyl carbamates (subject to hydrolysis) is 1. The Balaban J connectivity index is 2.45. The van der Waals surface area contributed by atoms with Gasteiger partial charge in [0.1, 0.15) is 11.3 Å². The number of amides is 1. The second-order valence-electron chi connectivity index (χ2n) is 5.40. The van der Waals surface area contributed by atoms with E-state index in [9.17, 15) is 9.59 Å². The van der Waals surface area contributed by atoms with Crippen LogP contribution in [0.25, 0.3) is 0 Å². The average Bonchev–Trinajstić information content (AvgIpc) is 2.44. The predicted octanol–water partition coefficient (Wildman–Crippen LogP) is 2.13. The van der Waals surface area contributed by atoms with Gasteiger partial charge in [-0.1, -0.05) is 5.92 Å². The van der Waals surface area contributed by atoms with Gasteiger partial charge in [-0.2, -0.15) is 0 Å². The Kier molecular flexibility index (Phi) is 6.39. The first kappa shape index (κ1) is 17.5. The summed E-state index contributed by atoms with van der Waals surface area (Å²) >= 11 is 0. The van der Waals surface area contributed by atoms with E-state index in [0.717, 1.165) is 0 Å². The van der Waals surface area contributed by atoms with E-state index in [2.05, 4.69) is 26.9 Å². The first-order valence-corrected chi connectivity index (χ1v) is 6.82. The highest BCUT2D eigenvalue weighted by Crippen LogP contribution is 2.06. The maximum atomic E-state index is 11.4. The van der Waals surface area contributed by atoms with Crippen LogP contribution in [0.4, 0.5) is 4.79 Å². The molecular formula is C16H20N2O4. The molecule has 0 atom stereocenters. The summed E-state index contributed by atoms with van der Waals surface area (Å²) in [6.45, 7) is 5.77. The molecule has 1 rings (SSSR count). The lowest BCUT2D eigenvalue weighted by atomic mass is 10.2. The molecule has 118 valence electrons. The normalized spacial score (nSPS) is 10.2. The molecule has 0 aliphatic rings. The van der Waals surface area contributed by atoms with Crippen LogP contribution in [-0.2, 0) is 9.47 Å². The van der Waals surface area contributed by atoms with E-state index >= 15 is 0 Å². The van der Waals surface area contributed by atoms with E-state index in [1.807, 2.05) is 0 Å². The van der Waals surface area contributed by atoms with Crippen LogP contribution in [0.1, 0.15) is 43.2 Å². The topological polar surface area (TPSA) is 77.5 Å². The van der Waals surface area contributed by atoms with Gasteiger partial charge in [-0.05, 0) is 38.8 Å². The molecule has 0 aromatic carbocycles. The molecule has 0 aliphatic heterocycles. The Morgan fingerprint density at radius 2 is 2.09 bits per heavy atom. The van der Waals surface area contributed by atoms with Gasteiger partial charge >= 0.3 is 12.1 Å². The molecule has 0 saturated heterocycles. The van der Waals surface area contributed by atoms with Crippen LogP contribution >= 0.6 is 0 Å². The number of methoxy groups -OCH3 is 1. The zero-order chi connectivity index (χ0) is 16.6. The Morgan fingerprint density at radius 3 is 2.73 bits per heavy atom. The minimum absolute atomic E-state index is 0.374. The second kappa shape index (κ2) is 8.03. The van der Waals surface area contributed by atoms with Crippen molar-refractivity contribution in [3.8, 4) is 11.8 Å². The minimum Gasteiger partial charge on any atom is -0.465 e. The number of carbonyl (C=O) groups excluding carboxylic acids is 2. The SMILES string of the molecule is COC(=O)c1ccnc(C#CCCNC(=O)OC(C)(C)C)c1. The average molecular weight is 304 g/mol. The summed E-state index contributed by atoms with van der Waals surface area (Å²) in [6, 6.07) is 3.11. The van der Waals surface area contributed by atoms with Gasteiger partial charge in [0.05, 0.1) is 12.7 Å². The first-order valence-electron chi connectivity index (χ1n) is 6.82. The fraction of sp³-hybridized carbons (Fsp3) is 0.438. The van der Waals surface area contributed by atoms with Crippen molar-refractivity contribution in [3.63, 3.8) is 0 Å². The van der Waals surface area contributed by atoms with Gasteiger partial charge in [0.2, 0.25) is 0 Å². The van der Waals surface area contributed by atoms with E-state index in [0.29, 0.717) is 24.2 Å². The van der Waals surface area contributed by atoms with Gasteiger partial charge in [-0.3, -0.25) is 0 Å². The molecule has 6 nitrogen and oxygen atoms in total. The minimum atomic E-state index is -0.520. The van der Waals surface area contributed by atoms with Crippen LogP contribution in [-0.4, -0.2) is 36.3 Å². The van der Waals surface area contributed by atoms with Crippen molar-refractivity contribution < 1.29 is 19.1 Å². The van der Waals surface area contributed by atoms with Crippen molar-refractivity contribution in [1.82, 2.24) is 10.3 Å². The fourth-order valence-electron chi connectivity index (χ4n) is 1.44. The van der Waals surface area contributed by atoms with E-state index in [4.69, 9.17) is 4.74 Å². The van der Waals surface area contributed by atoms with Gasteiger partial charge in [0.15, 0.2) is 0 Å². The van der Waals surface area contributed by atoms with Crippen molar-refractivity contribution in [1.29, 1.82) is 0 Å². The third-order valence-electron chi connectivity index (χ3n) is 2.32. The van der Waals surface area contributed by atoms with Gasteiger partial charge < -0.3 is 14.8 Å². The number of nitrogens with one attached hydrogen (secondary N) is 1. The van der Waals surface area contributed by atoms with Gasteiger partial charge in [-0.25, -0.2) is 14.6 Å². The lowest BCUT2D eigenvalue weighted by Gasteiger charge is -2.19. The molecule has 6 heteroatoms. The number of hydrogen-bond donors (Lipinski definition) is 1. The number of hydrogen-bond acceptors (Lipinski definition) is 5. The highest BCUT2D eigenvalue weighted by molar-refractivity contribution is 5.89. The number of pyridine rings is 1. The van der Waals surface area contributed by atoms with Gasteiger partial charge in [0.25, 0.3) is 0 Å². The molecule has 1 heterocycles. The van der Waals surface area contributed by atoms with Gasteiger partial charge in [0, 0.05) is 19.2 Å². The quantitative estimate of drug-likeness (QED) is 0.526. The molecule has 1 amide bonds. The summed E-state index contributed by atoms with van der Waals surface area (Å²) in [5.74, 6) is 5.26. The van der Waals surface area contributed by atoms with Crippen LogP contribution < -0.4 is 5.32 Å². The van der Waals surface area contributed by atoms with Crippen molar-refractivity contribution in [2.45, 2.75) is 32.8 Å². The largest absolute Gasteiger partial charge is 0.465 e. The Hall–Kier alpha value is -2.55. The van der Waals surface area contributed by atoms with Crippen LogP contribution in [0.5, 0.6) is 0 Å². The number of carbonyl (C=O) groups is 2. The first-order chi connectivity index (χ1) is 10.3. The molecule has 22 heavy (non-hydrogen) atoms. The molecule has 0 spiro atoms. The molecule has 0 bridgehead atoms. The van der Waals surface area contributed by atoms with Crippen molar-refractivity contribution in [2.24, 2.45) is 0 Å². The lowest BCUT2D eigenvalue weighted by molar-refractivity contribution is 0.0527.